The van der Waals surface area contributed by atoms with E-state index in [0.717, 1.165) is 5.92 Å². The standard InChI is InChI=1S/C8H13/c1-8-6-4-2-3-5-7-8/h2,4-5,8H,3,6-7H2,1H3. The van der Waals surface area contributed by atoms with E-state index >= 15 is 0 Å². The molecule has 0 aromatic carbocycles. The topological polar surface area (TPSA) is 0 Å². The van der Waals surface area contributed by atoms with E-state index in [1.54, 1.807) is 0 Å². The highest BCUT2D eigenvalue weighted by molar-refractivity contribution is 4.92. The molecule has 0 fully saturated rings. The third-order valence-electron chi connectivity index (χ3n) is 1.58. The summed E-state index contributed by atoms with van der Waals surface area (Å²) in [7, 11) is 0. The first-order valence-electron chi connectivity index (χ1n) is 3.36. The van der Waals surface area contributed by atoms with Crippen LogP contribution >= 0.6 is 0 Å². The number of hydrogen-bond acceptors (Lipinski definition) is 0. The molecule has 1 rings (SSSR count). The first kappa shape index (κ1) is 5.87. The van der Waals surface area contributed by atoms with E-state index in [-0.39, 0.29) is 0 Å². The highest BCUT2D eigenvalue weighted by Crippen LogP contribution is 2.15. The van der Waals surface area contributed by atoms with Gasteiger partial charge in [0.25, 0.3) is 0 Å². The molecule has 0 aromatic heterocycles. The van der Waals surface area contributed by atoms with Crippen molar-refractivity contribution in [3.63, 3.8) is 0 Å². The Kier molecular flexibility index (Phi) is 2.13. The normalized spacial score (nSPS) is 29.9. The van der Waals surface area contributed by atoms with Gasteiger partial charge in [-0.2, -0.15) is 0 Å². The van der Waals surface area contributed by atoms with Crippen LogP contribution in [0.15, 0.2) is 12.2 Å². The lowest BCUT2D eigenvalue weighted by molar-refractivity contribution is 0.587. The number of rotatable bonds is 0. The van der Waals surface area contributed by atoms with Crippen LogP contribution in [0.2, 0.25) is 0 Å². The molecule has 0 heteroatoms. The molecule has 0 nitrogen and oxygen atoms in total. The fraction of sp³-hybridized carbons (Fsp3) is 0.625. The molecular weight excluding hydrogens is 96.1 g/mol. The van der Waals surface area contributed by atoms with Gasteiger partial charge in [-0.15, -0.1) is 0 Å². The van der Waals surface area contributed by atoms with E-state index in [1.165, 1.54) is 19.3 Å². The summed E-state index contributed by atoms with van der Waals surface area (Å²) >= 11 is 0. The predicted molar refractivity (Wildman–Crippen MR) is 36.5 cm³/mol. The maximum Gasteiger partial charge on any atom is -0.0319 e. The Labute approximate surface area is 51.6 Å². The van der Waals surface area contributed by atoms with Crippen molar-refractivity contribution >= 4 is 0 Å². The minimum absolute atomic E-state index is 0.883. The van der Waals surface area contributed by atoms with E-state index in [4.69, 9.17) is 0 Å². The van der Waals surface area contributed by atoms with Crippen LogP contribution in [0.5, 0.6) is 0 Å². The van der Waals surface area contributed by atoms with Crippen LogP contribution < -0.4 is 0 Å². The molecule has 0 heterocycles. The lowest BCUT2D eigenvalue weighted by Gasteiger charge is -2.01. The SMILES string of the molecule is CC1C[CH]CC=CC1. The Hall–Kier alpha value is -0.260. The van der Waals surface area contributed by atoms with E-state index in [0.29, 0.717) is 0 Å². The molecule has 1 atom stereocenters. The van der Waals surface area contributed by atoms with Gasteiger partial charge in [0.15, 0.2) is 0 Å². The fourth-order valence-electron chi connectivity index (χ4n) is 0.998. The number of hydrogen-bond donors (Lipinski definition) is 0. The molecule has 1 aliphatic rings. The monoisotopic (exact) mass is 109 g/mol. The van der Waals surface area contributed by atoms with Crippen LogP contribution in [0, 0.1) is 12.3 Å². The van der Waals surface area contributed by atoms with Gasteiger partial charge >= 0.3 is 0 Å². The maximum atomic E-state index is 2.36. The highest BCUT2D eigenvalue weighted by Gasteiger charge is 2.00. The van der Waals surface area contributed by atoms with Gasteiger partial charge in [-0.05, 0) is 31.6 Å². The van der Waals surface area contributed by atoms with Gasteiger partial charge in [-0.1, -0.05) is 19.1 Å². The van der Waals surface area contributed by atoms with Gasteiger partial charge in [-0.25, -0.2) is 0 Å². The molecule has 0 aliphatic heterocycles. The average molecular weight is 109 g/mol. The van der Waals surface area contributed by atoms with Gasteiger partial charge < -0.3 is 0 Å². The van der Waals surface area contributed by atoms with E-state index in [1.807, 2.05) is 0 Å². The first-order valence-corrected chi connectivity index (χ1v) is 3.36. The van der Waals surface area contributed by atoms with Crippen LogP contribution in [-0.4, -0.2) is 0 Å². The number of allylic oxidation sites excluding steroid dienone is 2. The van der Waals surface area contributed by atoms with Crippen LogP contribution in [-0.2, 0) is 0 Å². The smallest absolute Gasteiger partial charge is 0.0319 e. The summed E-state index contributed by atoms with van der Waals surface area (Å²) in [4.78, 5) is 0. The zero-order chi connectivity index (χ0) is 5.82. The Bertz CT molecular complexity index is 82.0. The van der Waals surface area contributed by atoms with Crippen molar-refractivity contribution in [2.45, 2.75) is 26.2 Å². The van der Waals surface area contributed by atoms with Crippen LogP contribution in [0.4, 0.5) is 0 Å². The molecule has 0 bridgehead atoms. The summed E-state index contributed by atoms with van der Waals surface area (Å²) in [5.41, 5.74) is 0. The van der Waals surface area contributed by atoms with Crippen molar-refractivity contribution in [3.05, 3.63) is 18.6 Å². The highest BCUT2D eigenvalue weighted by atomic mass is 14.1. The molecule has 0 spiro atoms. The Morgan fingerprint density at radius 3 is 3.00 bits per heavy atom. The van der Waals surface area contributed by atoms with Crippen molar-refractivity contribution in [1.29, 1.82) is 0 Å². The third-order valence-corrected chi connectivity index (χ3v) is 1.58. The second-order valence-electron chi connectivity index (χ2n) is 2.57. The molecule has 1 radical (unpaired) electrons. The molecule has 0 N–H and O–H groups in total. The molecule has 1 aliphatic carbocycles. The van der Waals surface area contributed by atoms with Gasteiger partial charge in [0.05, 0.1) is 0 Å². The zero-order valence-corrected chi connectivity index (χ0v) is 5.43. The molecule has 0 aromatic rings. The van der Waals surface area contributed by atoms with Gasteiger partial charge in [0, 0.05) is 0 Å². The molecule has 1 unspecified atom stereocenters. The van der Waals surface area contributed by atoms with Crippen LogP contribution in [0.3, 0.4) is 0 Å². The predicted octanol–water partition coefficient (Wildman–Crippen LogP) is 2.57. The second kappa shape index (κ2) is 2.91. The average Bonchev–Trinajstić information content (AvgIpc) is 1.94. The first-order chi connectivity index (χ1) is 3.89. The van der Waals surface area contributed by atoms with Crippen LogP contribution in [0.25, 0.3) is 0 Å². The summed E-state index contributed by atoms with van der Waals surface area (Å²) in [5, 5.41) is 0. The van der Waals surface area contributed by atoms with Gasteiger partial charge in [0.1, 0.15) is 0 Å². The molecule has 8 heavy (non-hydrogen) atoms. The molecule has 0 amide bonds. The minimum Gasteiger partial charge on any atom is -0.0883 e. The summed E-state index contributed by atoms with van der Waals surface area (Å²) in [6.45, 7) is 2.30. The summed E-state index contributed by atoms with van der Waals surface area (Å²) < 4.78 is 0. The molecule has 0 saturated heterocycles. The summed E-state index contributed by atoms with van der Waals surface area (Å²) in [6, 6.07) is 0. The second-order valence-corrected chi connectivity index (χ2v) is 2.57. The Balaban J connectivity index is 2.30. The summed E-state index contributed by atoms with van der Waals surface area (Å²) in [6.07, 6.45) is 10.7. The van der Waals surface area contributed by atoms with Gasteiger partial charge in [-0.3, -0.25) is 0 Å². The largest absolute Gasteiger partial charge is 0.0883 e. The molecule has 0 saturated carbocycles. The zero-order valence-electron chi connectivity index (χ0n) is 5.43. The lowest BCUT2D eigenvalue weighted by atomic mass is 10.0. The van der Waals surface area contributed by atoms with E-state index in [2.05, 4.69) is 25.5 Å². The third kappa shape index (κ3) is 1.69. The quantitative estimate of drug-likeness (QED) is 0.419. The molecule has 45 valence electrons. The van der Waals surface area contributed by atoms with Gasteiger partial charge in [0.2, 0.25) is 0 Å². The summed E-state index contributed by atoms with van der Waals surface area (Å²) in [5.74, 6) is 0.883. The van der Waals surface area contributed by atoms with Crippen LogP contribution in [0.1, 0.15) is 26.2 Å². The molecular formula is C8H13. The minimum atomic E-state index is 0.883. The fourth-order valence-corrected chi connectivity index (χ4v) is 0.998. The van der Waals surface area contributed by atoms with Crippen molar-refractivity contribution in [3.8, 4) is 0 Å². The Morgan fingerprint density at radius 1 is 1.25 bits per heavy atom. The van der Waals surface area contributed by atoms with Crippen molar-refractivity contribution in [1.82, 2.24) is 0 Å². The van der Waals surface area contributed by atoms with Crippen molar-refractivity contribution in [2.75, 3.05) is 0 Å². The van der Waals surface area contributed by atoms with Crippen molar-refractivity contribution in [2.24, 2.45) is 5.92 Å². The van der Waals surface area contributed by atoms with E-state index < -0.39 is 0 Å². The Morgan fingerprint density at radius 2 is 2.12 bits per heavy atom. The maximum absolute atomic E-state index is 2.36. The van der Waals surface area contributed by atoms with E-state index in [9.17, 15) is 0 Å². The lowest BCUT2D eigenvalue weighted by Crippen LogP contribution is -1.88. The van der Waals surface area contributed by atoms with Crippen molar-refractivity contribution < 1.29 is 0 Å².